The monoisotopic (exact) mass is 511 g/mol. The normalized spacial score (nSPS) is 23.1. The molecule has 1 saturated heterocycles. The van der Waals surface area contributed by atoms with Crippen LogP contribution in [0.15, 0.2) is 36.4 Å². The van der Waals surface area contributed by atoms with E-state index in [0.717, 1.165) is 15.8 Å². The average molecular weight is 512 g/mol. The molecule has 3 atom stereocenters. The number of hydrazine groups is 1. The van der Waals surface area contributed by atoms with Crippen molar-refractivity contribution in [1.29, 1.82) is 0 Å². The Morgan fingerprint density at radius 2 is 2.08 bits per heavy atom. The van der Waals surface area contributed by atoms with Gasteiger partial charge in [-0.2, -0.15) is 0 Å². The Labute approximate surface area is 214 Å². The van der Waals surface area contributed by atoms with E-state index in [0.29, 0.717) is 42.8 Å². The molecule has 37 heavy (non-hydrogen) atoms. The van der Waals surface area contributed by atoms with E-state index in [1.807, 2.05) is 11.8 Å². The second-order valence-corrected chi connectivity index (χ2v) is 9.97. The quantitative estimate of drug-likeness (QED) is 0.399. The number of hydrogen-bond acceptors (Lipinski definition) is 6. The number of ether oxygens (including phenoxy) is 1. The van der Waals surface area contributed by atoms with Crippen molar-refractivity contribution in [3.05, 3.63) is 63.9 Å². The van der Waals surface area contributed by atoms with Crippen LogP contribution in [0.4, 0.5) is 4.39 Å². The Hall–Kier alpha value is -3.50. The molecule has 0 spiro atoms. The third kappa shape index (κ3) is 3.95. The van der Waals surface area contributed by atoms with Crippen LogP contribution in [0.3, 0.4) is 0 Å². The lowest BCUT2D eigenvalue weighted by Crippen LogP contribution is -2.54. The molecule has 1 unspecified atom stereocenters. The average Bonchev–Trinajstić information content (AvgIpc) is 3.30. The van der Waals surface area contributed by atoms with Crippen LogP contribution in [-0.2, 0) is 11.2 Å². The first-order chi connectivity index (χ1) is 17.7. The van der Waals surface area contributed by atoms with E-state index in [9.17, 15) is 24.3 Å². The SMILES string of the molecule is CCN(CCO)CCC1C(=O)[C@]2(C)Cc3c([nH]c4cc(F)c(OC)cc34)[C@@H](c3cccc(O)c3)N2[N+]1=O. The molecule has 3 aromatic rings. The fourth-order valence-electron chi connectivity index (χ4n) is 5.94. The van der Waals surface area contributed by atoms with Gasteiger partial charge in [0.25, 0.3) is 6.04 Å². The third-order valence-corrected chi connectivity index (χ3v) is 7.84. The maximum Gasteiger partial charge on any atom is 0.295 e. The first-order valence-electron chi connectivity index (χ1n) is 12.5. The molecule has 2 aliphatic rings. The van der Waals surface area contributed by atoms with Gasteiger partial charge in [-0.1, -0.05) is 19.1 Å². The minimum absolute atomic E-state index is 0.00271. The topological polar surface area (TPSA) is 109 Å². The predicted octanol–water partition coefficient (Wildman–Crippen LogP) is 3.08. The highest BCUT2D eigenvalue weighted by Gasteiger charge is 2.67. The number of Topliss-reactive ketones (excluding diaryl/α,β-unsaturated/α-hetero) is 1. The molecule has 5 rings (SSSR count). The number of carbonyl (C=O) groups excluding carboxylic acids is 1. The van der Waals surface area contributed by atoms with Crippen molar-refractivity contribution in [3.63, 3.8) is 0 Å². The molecule has 0 saturated carbocycles. The number of rotatable bonds is 8. The van der Waals surface area contributed by atoms with Crippen LogP contribution < -0.4 is 4.74 Å². The molecule has 0 radical (unpaired) electrons. The molecule has 0 amide bonds. The largest absolute Gasteiger partial charge is 0.508 e. The molecule has 9 nitrogen and oxygen atoms in total. The molecule has 2 aromatic carbocycles. The summed E-state index contributed by atoms with van der Waals surface area (Å²) in [5.74, 6) is -0.557. The molecule has 1 aromatic heterocycles. The summed E-state index contributed by atoms with van der Waals surface area (Å²) < 4.78 is 19.8. The lowest BCUT2D eigenvalue weighted by molar-refractivity contribution is -0.727. The van der Waals surface area contributed by atoms with Crippen molar-refractivity contribution in [2.45, 2.75) is 44.3 Å². The number of benzene rings is 2. The Bertz CT molecular complexity index is 1370. The molecule has 3 N–H and O–H groups in total. The van der Waals surface area contributed by atoms with Crippen LogP contribution in [-0.4, -0.2) is 80.7 Å². The number of phenolic OH excluding ortho intramolecular Hbond substituents is 1. The zero-order valence-electron chi connectivity index (χ0n) is 21.2. The number of aromatic amines is 1. The Kier molecular flexibility index (Phi) is 6.41. The number of hydrogen-bond donors (Lipinski definition) is 3. The summed E-state index contributed by atoms with van der Waals surface area (Å²) in [7, 11) is 1.40. The van der Waals surface area contributed by atoms with Gasteiger partial charge in [0.1, 0.15) is 10.6 Å². The Morgan fingerprint density at radius 1 is 1.30 bits per heavy atom. The number of halogens is 1. The number of ketones is 1. The fourth-order valence-corrected chi connectivity index (χ4v) is 5.94. The number of nitrogens with one attached hydrogen (secondary N) is 1. The second-order valence-electron chi connectivity index (χ2n) is 9.97. The Balaban J connectivity index is 1.64. The summed E-state index contributed by atoms with van der Waals surface area (Å²) in [6, 6.07) is 8.02. The van der Waals surface area contributed by atoms with E-state index in [4.69, 9.17) is 4.74 Å². The molecule has 0 bridgehead atoms. The maximum atomic E-state index is 14.6. The van der Waals surface area contributed by atoms with Crippen molar-refractivity contribution >= 4 is 16.7 Å². The number of aromatic hydroxyl groups is 1. The molecular formula is C27H32FN4O5+. The number of nitrogens with zero attached hydrogens (tertiary/aromatic N) is 3. The van der Waals surface area contributed by atoms with Crippen LogP contribution in [0.1, 0.15) is 43.1 Å². The summed E-state index contributed by atoms with van der Waals surface area (Å²) in [6.07, 6.45) is 0.581. The number of likely N-dealkylation sites (N-methyl/N-ethyl adjacent to an activating group) is 1. The van der Waals surface area contributed by atoms with Crippen molar-refractivity contribution < 1.29 is 29.0 Å². The van der Waals surface area contributed by atoms with E-state index < -0.39 is 23.4 Å². The number of aromatic nitrogens is 1. The van der Waals surface area contributed by atoms with Gasteiger partial charge >= 0.3 is 0 Å². The first-order valence-corrected chi connectivity index (χ1v) is 12.5. The number of aliphatic hydroxyl groups is 1. The van der Waals surface area contributed by atoms with Gasteiger partial charge in [-0.15, -0.1) is 5.01 Å². The van der Waals surface area contributed by atoms with Crippen LogP contribution >= 0.6 is 0 Å². The third-order valence-electron chi connectivity index (χ3n) is 7.84. The molecule has 196 valence electrons. The minimum atomic E-state index is -1.15. The summed E-state index contributed by atoms with van der Waals surface area (Å²) in [4.78, 5) is 33.9. The number of aliphatic hydroxyl groups excluding tert-OH is 1. The highest BCUT2D eigenvalue weighted by atomic mass is 19.1. The van der Waals surface area contributed by atoms with Crippen molar-refractivity contribution in [2.24, 2.45) is 0 Å². The number of methoxy groups -OCH3 is 1. The highest BCUT2D eigenvalue weighted by Crippen LogP contribution is 2.49. The summed E-state index contributed by atoms with van der Waals surface area (Å²) in [6.45, 7) is 5.42. The predicted molar refractivity (Wildman–Crippen MR) is 135 cm³/mol. The van der Waals surface area contributed by atoms with Crippen molar-refractivity contribution in [1.82, 2.24) is 14.9 Å². The lowest BCUT2D eigenvalue weighted by atomic mass is 9.79. The van der Waals surface area contributed by atoms with E-state index in [1.165, 1.54) is 13.2 Å². The zero-order valence-corrected chi connectivity index (χ0v) is 21.2. The standard InChI is InChI=1S/C27H31FN4O5/c1-4-30(10-11-33)9-8-22-26(35)27(2)15-19-18-13-23(37-3)20(28)14-21(18)29-24(19)25(31(27)32(22)36)16-6-5-7-17(34)12-16/h5-7,12-14,22,25,29,33H,4,8-11,15H2,1-3H3/p+1/t22?,25-,27+/m1/s1. The second kappa shape index (κ2) is 9.42. The van der Waals surface area contributed by atoms with Gasteiger partial charge in [-0.25, -0.2) is 4.39 Å². The molecule has 2 aliphatic heterocycles. The summed E-state index contributed by atoms with van der Waals surface area (Å²) in [5.41, 5.74) is 1.52. The molecular weight excluding hydrogens is 479 g/mol. The fraction of sp³-hybridized carbons (Fsp3) is 0.444. The number of phenols is 1. The molecule has 3 heterocycles. The van der Waals surface area contributed by atoms with Gasteiger partial charge in [0.15, 0.2) is 23.1 Å². The van der Waals surface area contributed by atoms with E-state index in [2.05, 4.69) is 4.98 Å². The van der Waals surface area contributed by atoms with E-state index in [1.54, 1.807) is 42.3 Å². The smallest absolute Gasteiger partial charge is 0.295 e. The molecule has 10 heteroatoms. The van der Waals surface area contributed by atoms with Crippen LogP contribution in [0, 0.1) is 10.7 Å². The lowest BCUT2D eigenvalue weighted by Gasteiger charge is -2.37. The van der Waals surface area contributed by atoms with Gasteiger partial charge in [0, 0.05) is 42.9 Å². The van der Waals surface area contributed by atoms with Crippen molar-refractivity contribution in [2.75, 3.05) is 33.4 Å². The van der Waals surface area contributed by atoms with Gasteiger partial charge in [-0.05, 0) is 42.8 Å². The van der Waals surface area contributed by atoms with Gasteiger partial charge in [0.2, 0.25) is 5.78 Å². The minimum Gasteiger partial charge on any atom is -0.508 e. The highest BCUT2D eigenvalue weighted by molar-refractivity contribution is 5.95. The van der Waals surface area contributed by atoms with Crippen molar-refractivity contribution in [3.8, 4) is 11.5 Å². The number of H-pyrrole nitrogens is 1. The number of nitroso groups, excluding NO2 is 1. The summed E-state index contributed by atoms with van der Waals surface area (Å²) >= 11 is 0. The zero-order chi connectivity index (χ0) is 26.5. The Morgan fingerprint density at radius 3 is 2.76 bits per heavy atom. The number of carbonyl (C=O) groups is 1. The van der Waals surface area contributed by atoms with E-state index in [-0.39, 0.29) is 30.3 Å². The van der Waals surface area contributed by atoms with Crippen LogP contribution in [0.2, 0.25) is 0 Å². The van der Waals surface area contributed by atoms with Crippen LogP contribution in [0.5, 0.6) is 11.5 Å². The van der Waals surface area contributed by atoms with E-state index >= 15 is 0 Å². The van der Waals surface area contributed by atoms with Gasteiger partial charge in [0.05, 0.1) is 24.3 Å². The van der Waals surface area contributed by atoms with Crippen LogP contribution in [0.25, 0.3) is 10.9 Å². The molecule has 0 aliphatic carbocycles. The first kappa shape index (κ1) is 25.2. The van der Waals surface area contributed by atoms with Gasteiger partial charge < -0.3 is 24.8 Å². The maximum absolute atomic E-state index is 14.6. The molecule has 1 fully saturated rings. The summed E-state index contributed by atoms with van der Waals surface area (Å²) in [5, 5.41) is 21.9. The van der Waals surface area contributed by atoms with Gasteiger partial charge in [-0.3, -0.25) is 4.79 Å². The number of fused-ring (bicyclic) bond motifs is 4.